The normalized spacial score (nSPS) is 10.9. The molecule has 0 heterocycles. The van der Waals surface area contributed by atoms with Gasteiger partial charge in [0.2, 0.25) is 0 Å². The fourth-order valence-corrected chi connectivity index (χ4v) is 3.51. The predicted molar refractivity (Wildman–Crippen MR) is 134 cm³/mol. The number of benzene rings is 3. The highest BCUT2D eigenvalue weighted by atomic mass is 35.5. The molecule has 0 aliphatic heterocycles. The zero-order valence-corrected chi connectivity index (χ0v) is 20.0. The van der Waals surface area contributed by atoms with Crippen molar-refractivity contribution in [1.82, 2.24) is 0 Å². The molecule has 0 aliphatic carbocycles. The number of nitrogens with one attached hydrogen (secondary N) is 1. The molecule has 0 fully saturated rings. The molecule has 0 spiro atoms. The molecule has 35 heavy (non-hydrogen) atoms. The van der Waals surface area contributed by atoms with Crippen molar-refractivity contribution in [2.24, 2.45) is 0 Å². The Bertz CT molecular complexity index is 1330. The third kappa shape index (κ3) is 6.73. The van der Waals surface area contributed by atoms with Crippen LogP contribution in [0.5, 0.6) is 11.5 Å². The standard InChI is InChI=1S/C25H19Cl2N3O5/c1-2-34-23-12-16(11-22(27)24(23)35-15-17-6-3-4-9-21(17)26)10-18(14-28)25(31)29-19-7-5-8-20(13-19)30(32)33/h3-13H,2,15H2,1H3,(H,29,31)/b18-10+. The molecular weight excluding hydrogens is 493 g/mol. The lowest BCUT2D eigenvalue weighted by atomic mass is 10.1. The van der Waals surface area contributed by atoms with E-state index in [0.717, 1.165) is 5.56 Å². The number of carbonyl (C=O) groups excluding carboxylic acids is 1. The van der Waals surface area contributed by atoms with E-state index in [0.29, 0.717) is 28.7 Å². The van der Waals surface area contributed by atoms with Gasteiger partial charge in [-0.2, -0.15) is 5.26 Å². The van der Waals surface area contributed by atoms with Gasteiger partial charge in [0, 0.05) is 28.4 Å². The van der Waals surface area contributed by atoms with Crippen LogP contribution in [0.15, 0.2) is 66.2 Å². The Balaban J connectivity index is 1.85. The molecule has 0 saturated heterocycles. The number of non-ortho nitro benzene ring substituents is 1. The van der Waals surface area contributed by atoms with Crippen LogP contribution < -0.4 is 14.8 Å². The average molecular weight is 512 g/mol. The van der Waals surface area contributed by atoms with Crippen LogP contribution in [-0.4, -0.2) is 17.4 Å². The predicted octanol–water partition coefficient (Wildman–Crippen LogP) is 6.42. The number of hydrogen-bond donors (Lipinski definition) is 1. The Labute approximate surface area is 211 Å². The van der Waals surface area contributed by atoms with Crippen LogP contribution in [0.3, 0.4) is 0 Å². The van der Waals surface area contributed by atoms with Gasteiger partial charge in [0.15, 0.2) is 11.5 Å². The highest BCUT2D eigenvalue weighted by Crippen LogP contribution is 2.38. The number of amides is 1. The van der Waals surface area contributed by atoms with E-state index in [2.05, 4.69) is 5.32 Å². The summed E-state index contributed by atoms with van der Waals surface area (Å²) in [6, 6.07) is 17.6. The van der Waals surface area contributed by atoms with Crippen LogP contribution in [-0.2, 0) is 11.4 Å². The Morgan fingerprint density at radius 2 is 1.89 bits per heavy atom. The Kier molecular flexibility index (Phi) is 8.68. The molecule has 10 heteroatoms. The summed E-state index contributed by atoms with van der Waals surface area (Å²) in [6.07, 6.45) is 1.33. The summed E-state index contributed by atoms with van der Waals surface area (Å²) in [6.45, 7) is 2.27. The van der Waals surface area contributed by atoms with Gasteiger partial charge in [-0.3, -0.25) is 14.9 Å². The van der Waals surface area contributed by atoms with E-state index in [4.69, 9.17) is 32.7 Å². The number of ether oxygens (including phenoxy) is 2. The molecule has 0 radical (unpaired) electrons. The number of hydrogen-bond acceptors (Lipinski definition) is 6. The molecule has 178 valence electrons. The first kappa shape index (κ1) is 25.6. The van der Waals surface area contributed by atoms with Crippen molar-refractivity contribution in [2.75, 3.05) is 11.9 Å². The van der Waals surface area contributed by atoms with Crippen molar-refractivity contribution >= 4 is 46.6 Å². The van der Waals surface area contributed by atoms with E-state index < -0.39 is 10.8 Å². The number of nitriles is 1. The summed E-state index contributed by atoms with van der Waals surface area (Å²) < 4.78 is 11.5. The second-order valence-corrected chi connectivity index (χ2v) is 7.89. The SMILES string of the molecule is CCOc1cc(/C=C(\C#N)C(=O)Nc2cccc([N+](=O)[O-])c2)cc(Cl)c1OCc1ccccc1Cl. The van der Waals surface area contributed by atoms with E-state index in [9.17, 15) is 20.2 Å². The number of halogens is 2. The number of carbonyl (C=O) groups is 1. The molecule has 0 aliphatic rings. The first-order chi connectivity index (χ1) is 16.8. The van der Waals surface area contributed by atoms with Crippen LogP contribution in [0, 0.1) is 21.4 Å². The minimum Gasteiger partial charge on any atom is -0.490 e. The van der Waals surface area contributed by atoms with E-state index in [1.165, 1.54) is 36.4 Å². The molecule has 1 N–H and O–H groups in total. The fraction of sp³-hybridized carbons (Fsp3) is 0.120. The summed E-state index contributed by atoms with van der Waals surface area (Å²) >= 11 is 12.6. The van der Waals surface area contributed by atoms with E-state index in [-0.39, 0.29) is 28.6 Å². The maximum Gasteiger partial charge on any atom is 0.271 e. The highest BCUT2D eigenvalue weighted by Gasteiger charge is 2.16. The number of nitro benzene ring substituents is 1. The minimum atomic E-state index is -0.735. The topological polar surface area (TPSA) is 114 Å². The monoisotopic (exact) mass is 511 g/mol. The quantitative estimate of drug-likeness (QED) is 0.153. The van der Waals surface area contributed by atoms with Gasteiger partial charge < -0.3 is 14.8 Å². The van der Waals surface area contributed by atoms with Crippen LogP contribution in [0.2, 0.25) is 10.0 Å². The molecule has 3 aromatic rings. The summed E-state index contributed by atoms with van der Waals surface area (Å²) in [5.74, 6) is -0.110. The maximum absolute atomic E-state index is 12.6. The van der Waals surface area contributed by atoms with Gasteiger partial charge in [0.1, 0.15) is 18.2 Å². The van der Waals surface area contributed by atoms with Crippen molar-refractivity contribution in [1.29, 1.82) is 5.26 Å². The smallest absolute Gasteiger partial charge is 0.271 e. The number of nitrogens with zero attached hydrogens (tertiary/aromatic N) is 2. The highest BCUT2D eigenvalue weighted by molar-refractivity contribution is 6.32. The van der Waals surface area contributed by atoms with Gasteiger partial charge in [0.05, 0.1) is 16.6 Å². The summed E-state index contributed by atoms with van der Waals surface area (Å²) in [5.41, 5.74) is 0.947. The molecule has 8 nitrogen and oxygen atoms in total. The number of nitro groups is 1. The van der Waals surface area contributed by atoms with Gasteiger partial charge in [0.25, 0.3) is 11.6 Å². The Morgan fingerprint density at radius 3 is 2.57 bits per heavy atom. The number of anilines is 1. The molecule has 0 unspecified atom stereocenters. The van der Waals surface area contributed by atoms with Crippen molar-refractivity contribution < 1.29 is 19.2 Å². The van der Waals surface area contributed by atoms with Crippen molar-refractivity contribution in [3.63, 3.8) is 0 Å². The van der Waals surface area contributed by atoms with Crippen molar-refractivity contribution in [3.8, 4) is 17.6 Å². The van der Waals surface area contributed by atoms with Crippen molar-refractivity contribution in [3.05, 3.63) is 97.5 Å². The first-order valence-corrected chi connectivity index (χ1v) is 11.1. The molecular formula is C25H19Cl2N3O5. The lowest BCUT2D eigenvalue weighted by Gasteiger charge is -2.15. The summed E-state index contributed by atoms with van der Waals surface area (Å²) in [5, 5.41) is 23.7. The van der Waals surface area contributed by atoms with Crippen LogP contribution in [0.1, 0.15) is 18.1 Å². The Hall–Kier alpha value is -4.06. The van der Waals surface area contributed by atoms with Gasteiger partial charge in [-0.05, 0) is 42.8 Å². The van der Waals surface area contributed by atoms with E-state index in [1.807, 2.05) is 24.3 Å². The third-order valence-corrected chi connectivity index (χ3v) is 5.30. The molecule has 3 aromatic carbocycles. The lowest BCUT2D eigenvalue weighted by Crippen LogP contribution is -2.13. The molecule has 0 atom stereocenters. The van der Waals surface area contributed by atoms with Gasteiger partial charge in [-0.1, -0.05) is 47.5 Å². The zero-order valence-electron chi connectivity index (χ0n) is 18.5. The van der Waals surface area contributed by atoms with Crippen molar-refractivity contribution in [2.45, 2.75) is 13.5 Å². The van der Waals surface area contributed by atoms with E-state index >= 15 is 0 Å². The molecule has 0 bridgehead atoms. The maximum atomic E-state index is 12.6. The largest absolute Gasteiger partial charge is 0.490 e. The third-order valence-electron chi connectivity index (χ3n) is 4.65. The van der Waals surface area contributed by atoms with Crippen LogP contribution in [0.25, 0.3) is 6.08 Å². The van der Waals surface area contributed by atoms with Gasteiger partial charge in [-0.15, -0.1) is 0 Å². The van der Waals surface area contributed by atoms with Gasteiger partial charge >= 0.3 is 0 Å². The minimum absolute atomic E-state index is 0.156. The first-order valence-electron chi connectivity index (χ1n) is 10.3. The summed E-state index contributed by atoms with van der Waals surface area (Å²) in [7, 11) is 0. The molecule has 0 aromatic heterocycles. The number of rotatable bonds is 9. The second kappa shape index (κ2) is 11.9. The van der Waals surface area contributed by atoms with Crippen LogP contribution in [0.4, 0.5) is 11.4 Å². The van der Waals surface area contributed by atoms with E-state index in [1.54, 1.807) is 19.1 Å². The summed E-state index contributed by atoms with van der Waals surface area (Å²) in [4.78, 5) is 23.0. The zero-order chi connectivity index (χ0) is 25.4. The molecule has 1 amide bonds. The molecule has 0 saturated carbocycles. The lowest BCUT2D eigenvalue weighted by molar-refractivity contribution is -0.384. The molecule has 3 rings (SSSR count). The van der Waals surface area contributed by atoms with Crippen LogP contribution >= 0.6 is 23.2 Å². The average Bonchev–Trinajstić information content (AvgIpc) is 2.83. The van der Waals surface area contributed by atoms with Gasteiger partial charge in [-0.25, -0.2) is 0 Å². The second-order valence-electron chi connectivity index (χ2n) is 7.07. The Morgan fingerprint density at radius 1 is 1.11 bits per heavy atom. The fourth-order valence-electron chi connectivity index (χ4n) is 3.05.